The molecule has 1 fully saturated rings. The molecule has 0 saturated heterocycles. The third-order valence-corrected chi connectivity index (χ3v) is 3.65. The molecule has 1 aliphatic rings. The van der Waals surface area contributed by atoms with Crippen LogP contribution >= 0.6 is 0 Å². The van der Waals surface area contributed by atoms with Gasteiger partial charge in [0.1, 0.15) is 5.60 Å². The smallest absolute Gasteiger partial charge is 0.407 e. The van der Waals surface area contributed by atoms with Crippen molar-refractivity contribution in [1.82, 2.24) is 5.32 Å². The normalized spacial score (nSPS) is 22.0. The van der Waals surface area contributed by atoms with Crippen LogP contribution in [0.4, 0.5) is 16.2 Å². The van der Waals surface area contributed by atoms with E-state index < -0.39 is 5.60 Å². The zero-order valence-corrected chi connectivity index (χ0v) is 13.7. The van der Waals surface area contributed by atoms with Gasteiger partial charge in [-0.15, -0.1) is 0 Å². The van der Waals surface area contributed by atoms with E-state index >= 15 is 0 Å². The maximum absolute atomic E-state index is 11.9. The molecule has 1 amide bonds. The summed E-state index contributed by atoms with van der Waals surface area (Å²) in [5, 5.41) is 6.48. The standard InChI is InChI=1S/C17H27N3O2/c1-17(2,3)22-16(21)20-15-9-5-8-14(11-15)19-13-7-4-6-12(18)10-13/h4,6-7,10,14-15,19H,5,8-9,11,18H2,1-3H3,(H,20,21)/t14-,15-/m1/s1. The highest BCUT2D eigenvalue weighted by atomic mass is 16.6. The first-order valence-corrected chi connectivity index (χ1v) is 7.93. The van der Waals surface area contributed by atoms with E-state index in [-0.39, 0.29) is 12.1 Å². The lowest BCUT2D eigenvalue weighted by Gasteiger charge is -2.31. The van der Waals surface area contributed by atoms with E-state index in [1.807, 2.05) is 45.0 Å². The van der Waals surface area contributed by atoms with Gasteiger partial charge in [-0.05, 0) is 64.7 Å². The van der Waals surface area contributed by atoms with Gasteiger partial charge >= 0.3 is 6.09 Å². The highest BCUT2D eigenvalue weighted by Crippen LogP contribution is 2.23. The largest absolute Gasteiger partial charge is 0.444 e. The number of rotatable bonds is 3. The van der Waals surface area contributed by atoms with Crippen molar-refractivity contribution in [1.29, 1.82) is 0 Å². The highest BCUT2D eigenvalue weighted by Gasteiger charge is 2.25. The van der Waals surface area contributed by atoms with Gasteiger partial charge in [-0.2, -0.15) is 0 Å². The highest BCUT2D eigenvalue weighted by molar-refractivity contribution is 5.68. The number of nitrogens with two attached hydrogens (primary N) is 1. The Labute approximate surface area is 132 Å². The molecule has 1 saturated carbocycles. The van der Waals surface area contributed by atoms with Crippen molar-refractivity contribution in [2.24, 2.45) is 0 Å². The zero-order valence-electron chi connectivity index (χ0n) is 13.7. The van der Waals surface area contributed by atoms with E-state index in [4.69, 9.17) is 10.5 Å². The average molecular weight is 305 g/mol. The van der Waals surface area contributed by atoms with Crippen LogP contribution in [0.3, 0.4) is 0 Å². The molecule has 0 aliphatic heterocycles. The number of hydrogen-bond donors (Lipinski definition) is 3. The van der Waals surface area contributed by atoms with Crippen LogP contribution in [-0.2, 0) is 4.74 Å². The van der Waals surface area contributed by atoms with Gasteiger partial charge in [0.2, 0.25) is 0 Å². The predicted molar refractivity (Wildman–Crippen MR) is 89.9 cm³/mol. The maximum Gasteiger partial charge on any atom is 0.407 e. The number of alkyl carbamates (subject to hydrolysis) is 1. The van der Waals surface area contributed by atoms with Crippen LogP contribution in [-0.4, -0.2) is 23.8 Å². The van der Waals surface area contributed by atoms with Gasteiger partial charge in [0, 0.05) is 23.5 Å². The number of amides is 1. The van der Waals surface area contributed by atoms with Crippen LogP contribution in [0.25, 0.3) is 0 Å². The Balaban J connectivity index is 1.85. The van der Waals surface area contributed by atoms with E-state index in [1.165, 1.54) is 0 Å². The van der Waals surface area contributed by atoms with Crippen molar-refractivity contribution in [3.63, 3.8) is 0 Å². The summed E-state index contributed by atoms with van der Waals surface area (Å²) in [7, 11) is 0. The van der Waals surface area contributed by atoms with Crippen LogP contribution in [0.5, 0.6) is 0 Å². The number of carbonyl (C=O) groups excluding carboxylic acids is 1. The molecule has 5 nitrogen and oxygen atoms in total. The topological polar surface area (TPSA) is 76.4 Å². The van der Waals surface area contributed by atoms with Crippen molar-refractivity contribution < 1.29 is 9.53 Å². The van der Waals surface area contributed by atoms with Crippen molar-refractivity contribution >= 4 is 17.5 Å². The fourth-order valence-electron chi connectivity index (χ4n) is 2.79. The van der Waals surface area contributed by atoms with Gasteiger partial charge < -0.3 is 21.1 Å². The molecule has 2 atom stereocenters. The number of benzene rings is 1. The van der Waals surface area contributed by atoms with Crippen molar-refractivity contribution in [2.45, 2.75) is 64.1 Å². The minimum absolute atomic E-state index is 0.155. The molecule has 0 spiro atoms. The minimum atomic E-state index is -0.460. The van der Waals surface area contributed by atoms with Crippen LogP contribution in [0.2, 0.25) is 0 Å². The summed E-state index contributed by atoms with van der Waals surface area (Å²) in [6.07, 6.45) is 3.74. The molecule has 4 N–H and O–H groups in total. The summed E-state index contributed by atoms with van der Waals surface area (Å²) < 4.78 is 5.32. The molecule has 0 aromatic heterocycles. The maximum atomic E-state index is 11.9. The van der Waals surface area contributed by atoms with Crippen LogP contribution < -0.4 is 16.4 Å². The molecule has 0 heterocycles. The van der Waals surface area contributed by atoms with Crippen molar-refractivity contribution in [3.8, 4) is 0 Å². The van der Waals surface area contributed by atoms with Crippen molar-refractivity contribution in [2.75, 3.05) is 11.1 Å². The first kappa shape index (κ1) is 16.5. The first-order valence-electron chi connectivity index (χ1n) is 7.93. The summed E-state index contributed by atoms with van der Waals surface area (Å²) in [5.41, 5.74) is 7.13. The first-order chi connectivity index (χ1) is 10.3. The molecule has 0 unspecified atom stereocenters. The van der Waals surface area contributed by atoms with Gasteiger partial charge in [0.15, 0.2) is 0 Å². The quantitative estimate of drug-likeness (QED) is 0.747. The Kier molecular flexibility index (Phi) is 5.16. The van der Waals surface area contributed by atoms with E-state index in [0.717, 1.165) is 37.1 Å². The third kappa shape index (κ3) is 5.47. The monoisotopic (exact) mass is 305 g/mol. The van der Waals surface area contributed by atoms with E-state index in [1.54, 1.807) is 0 Å². The molecule has 0 radical (unpaired) electrons. The predicted octanol–water partition coefficient (Wildman–Crippen LogP) is 3.52. The van der Waals surface area contributed by atoms with E-state index in [2.05, 4.69) is 10.6 Å². The minimum Gasteiger partial charge on any atom is -0.444 e. The lowest BCUT2D eigenvalue weighted by molar-refractivity contribution is 0.0492. The fraction of sp³-hybridized carbons (Fsp3) is 0.588. The summed E-state index contributed by atoms with van der Waals surface area (Å²) in [5.74, 6) is 0. The Bertz CT molecular complexity index is 511. The summed E-state index contributed by atoms with van der Waals surface area (Å²) >= 11 is 0. The zero-order chi connectivity index (χ0) is 16.2. The molecule has 2 rings (SSSR count). The molecule has 5 heteroatoms. The molecule has 1 aromatic rings. The number of carbonyl (C=O) groups is 1. The Morgan fingerprint density at radius 2 is 2.00 bits per heavy atom. The van der Waals surface area contributed by atoms with Gasteiger partial charge in [-0.25, -0.2) is 4.79 Å². The van der Waals surface area contributed by atoms with Crippen LogP contribution in [0, 0.1) is 0 Å². The Hall–Kier alpha value is -1.91. The molecule has 0 bridgehead atoms. The third-order valence-electron chi connectivity index (χ3n) is 3.65. The average Bonchev–Trinajstić information content (AvgIpc) is 2.36. The van der Waals surface area contributed by atoms with E-state index in [9.17, 15) is 4.79 Å². The molecule has 1 aliphatic carbocycles. The number of nitrogen functional groups attached to an aromatic ring is 1. The lowest BCUT2D eigenvalue weighted by Crippen LogP contribution is -2.43. The Morgan fingerprint density at radius 1 is 1.27 bits per heavy atom. The second-order valence-electron chi connectivity index (χ2n) is 6.98. The van der Waals surface area contributed by atoms with Gasteiger partial charge in [0.05, 0.1) is 0 Å². The second-order valence-corrected chi connectivity index (χ2v) is 6.98. The van der Waals surface area contributed by atoms with Crippen LogP contribution in [0.15, 0.2) is 24.3 Å². The van der Waals surface area contributed by atoms with Gasteiger partial charge in [0.25, 0.3) is 0 Å². The van der Waals surface area contributed by atoms with Crippen molar-refractivity contribution in [3.05, 3.63) is 24.3 Å². The van der Waals surface area contributed by atoms with Gasteiger partial charge in [-0.3, -0.25) is 0 Å². The number of anilines is 2. The summed E-state index contributed by atoms with van der Waals surface area (Å²) in [6.45, 7) is 5.62. The summed E-state index contributed by atoms with van der Waals surface area (Å²) in [4.78, 5) is 11.9. The Morgan fingerprint density at radius 3 is 2.68 bits per heavy atom. The van der Waals surface area contributed by atoms with Crippen LogP contribution in [0.1, 0.15) is 46.5 Å². The summed E-state index contributed by atoms with van der Waals surface area (Å²) in [6, 6.07) is 8.26. The van der Waals surface area contributed by atoms with Gasteiger partial charge in [-0.1, -0.05) is 6.07 Å². The number of ether oxygens (including phenoxy) is 1. The molecule has 122 valence electrons. The second kappa shape index (κ2) is 6.90. The molecule has 22 heavy (non-hydrogen) atoms. The van der Waals surface area contributed by atoms with E-state index in [0.29, 0.717) is 6.04 Å². The SMILES string of the molecule is CC(C)(C)OC(=O)N[C@@H]1CCC[C@@H](Nc2cccc(N)c2)C1. The molecule has 1 aromatic carbocycles. The number of hydrogen-bond acceptors (Lipinski definition) is 4. The lowest BCUT2D eigenvalue weighted by atomic mass is 9.91. The molecular formula is C17H27N3O2. The number of nitrogens with one attached hydrogen (secondary N) is 2. The fourth-order valence-corrected chi connectivity index (χ4v) is 2.79. The molecular weight excluding hydrogens is 278 g/mol.